The standard InChI is InChI=1S/C20H36FN3O3/c1-6-20(21,7-2)15-22-11-13-23(14-12-22)17(25)16-9-8-10-24(16)18(26)27-19(3,4)5/h16H,6-15H2,1-5H3/t16-/m0/s1. The van der Waals surface area contributed by atoms with Gasteiger partial charge < -0.3 is 9.64 Å². The summed E-state index contributed by atoms with van der Waals surface area (Å²) in [4.78, 5) is 30.9. The average molecular weight is 386 g/mol. The number of carbonyl (C=O) groups is 2. The SMILES string of the molecule is CCC(F)(CC)CN1CCN(C(=O)[C@@H]2CCCN2C(=O)OC(C)(C)C)CC1. The molecule has 0 aromatic heterocycles. The molecule has 6 nitrogen and oxygen atoms in total. The Kier molecular flexibility index (Phi) is 7.11. The van der Waals surface area contributed by atoms with Crippen molar-refractivity contribution in [3.63, 3.8) is 0 Å². The van der Waals surface area contributed by atoms with E-state index in [2.05, 4.69) is 4.90 Å². The van der Waals surface area contributed by atoms with E-state index in [0.717, 1.165) is 6.42 Å². The van der Waals surface area contributed by atoms with E-state index in [4.69, 9.17) is 4.74 Å². The monoisotopic (exact) mass is 385 g/mol. The highest BCUT2D eigenvalue weighted by molar-refractivity contribution is 5.86. The number of likely N-dealkylation sites (tertiary alicyclic amines) is 1. The fourth-order valence-electron chi connectivity index (χ4n) is 3.77. The molecule has 2 aliphatic rings. The van der Waals surface area contributed by atoms with Crippen LogP contribution < -0.4 is 0 Å². The van der Waals surface area contributed by atoms with Gasteiger partial charge in [0.1, 0.15) is 17.3 Å². The number of hydrogen-bond acceptors (Lipinski definition) is 4. The maximum absolute atomic E-state index is 14.6. The second-order valence-corrected chi connectivity index (χ2v) is 8.79. The van der Waals surface area contributed by atoms with Gasteiger partial charge in [0.2, 0.25) is 5.91 Å². The van der Waals surface area contributed by atoms with Crippen LogP contribution in [0.25, 0.3) is 0 Å². The van der Waals surface area contributed by atoms with Crippen molar-refractivity contribution in [3.8, 4) is 0 Å². The molecule has 0 saturated carbocycles. The molecular weight excluding hydrogens is 349 g/mol. The largest absolute Gasteiger partial charge is 0.444 e. The van der Waals surface area contributed by atoms with Crippen molar-refractivity contribution in [2.75, 3.05) is 39.3 Å². The number of alkyl halides is 1. The molecule has 0 aromatic rings. The summed E-state index contributed by atoms with van der Waals surface area (Å²) in [6, 6.07) is -0.432. The van der Waals surface area contributed by atoms with Crippen molar-refractivity contribution < 1.29 is 18.7 Å². The second-order valence-electron chi connectivity index (χ2n) is 8.79. The first-order valence-corrected chi connectivity index (χ1v) is 10.3. The highest BCUT2D eigenvalue weighted by Gasteiger charge is 2.39. The average Bonchev–Trinajstić information content (AvgIpc) is 3.10. The highest BCUT2D eigenvalue weighted by atomic mass is 19.1. The van der Waals surface area contributed by atoms with Crippen LogP contribution >= 0.6 is 0 Å². The van der Waals surface area contributed by atoms with Crippen LogP contribution in [-0.4, -0.2) is 83.3 Å². The van der Waals surface area contributed by atoms with E-state index in [-0.39, 0.29) is 5.91 Å². The molecule has 0 radical (unpaired) electrons. The van der Waals surface area contributed by atoms with Crippen LogP contribution in [0, 0.1) is 0 Å². The number of hydrogen-bond donors (Lipinski definition) is 0. The third-order valence-electron chi connectivity index (χ3n) is 5.62. The minimum atomic E-state index is -1.15. The fourth-order valence-corrected chi connectivity index (χ4v) is 3.77. The number of ether oxygens (including phenoxy) is 1. The van der Waals surface area contributed by atoms with Crippen LogP contribution in [0.4, 0.5) is 9.18 Å². The zero-order valence-electron chi connectivity index (χ0n) is 17.6. The van der Waals surface area contributed by atoms with E-state index in [1.54, 1.807) is 4.90 Å². The summed E-state index contributed by atoms with van der Waals surface area (Å²) in [6.07, 6.45) is 2.10. The third kappa shape index (κ3) is 5.80. The molecule has 2 saturated heterocycles. The van der Waals surface area contributed by atoms with Gasteiger partial charge in [-0.3, -0.25) is 14.6 Å². The lowest BCUT2D eigenvalue weighted by molar-refractivity contribution is -0.138. The molecule has 2 fully saturated rings. The molecule has 27 heavy (non-hydrogen) atoms. The van der Waals surface area contributed by atoms with Crippen LogP contribution in [0.3, 0.4) is 0 Å². The summed E-state index contributed by atoms with van der Waals surface area (Å²) in [5, 5.41) is 0. The van der Waals surface area contributed by atoms with Gasteiger partial charge in [-0.05, 0) is 46.5 Å². The fraction of sp³-hybridized carbons (Fsp3) is 0.900. The number of rotatable bonds is 5. The molecule has 1 atom stereocenters. The van der Waals surface area contributed by atoms with Gasteiger partial charge in [0.15, 0.2) is 0 Å². The lowest BCUT2D eigenvalue weighted by atomic mass is 9.98. The predicted molar refractivity (Wildman–Crippen MR) is 103 cm³/mol. The molecule has 2 rings (SSSR count). The number of halogens is 1. The number of piperazine rings is 1. The van der Waals surface area contributed by atoms with E-state index >= 15 is 0 Å². The van der Waals surface area contributed by atoms with Crippen LogP contribution in [0.15, 0.2) is 0 Å². The van der Waals surface area contributed by atoms with Gasteiger partial charge in [0.25, 0.3) is 0 Å². The van der Waals surface area contributed by atoms with Gasteiger partial charge in [-0.2, -0.15) is 0 Å². The summed E-state index contributed by atoms with van der Waals surface area (Å²) in [6.45, 7) is 12.8. The Bertz CT molecular complexity index is 523. The van der Waals surface area contributed by atoms with Crippen LogP contribution in [0.1, 0.15) is 60.3 Å². The molecule has 0 N–H and O–H groups in total. The maximum Gasteiger partial charge on any atom is 0.410 e. The number of amides is 2. The highest BCUT2D eigenvalue weighted by Crippen LogP contribution is 2.25. The topological polar surface area (TPSA) is 53.1 Å². The Morgan fingerprint density at radius 1 is 1.04 bits per heavy atom. The molecule has 0 aliphatic carbocycles. The van der Waals surface area contributed by atoms with Gasteiger partial charge >= 0.3 is 6.09 Å². The zero-order valence-corrected chi connectivity index (χ0v) is 17.6. The van der Waals surface area contributed by atoms with Crippen molar-refractivity contribution >= 4 is 12.0 Å². The Labute approximate surface area is 163 Å². The molecular formula is C20H36FN3O3. The lowest BCUT2D eigenvalue weighted by Gasteiger charge is -2.39. The third-order valence-corrected chi connectivity index (χ3v) is 5.62. The van der Waals surface area contributed by atoms with E-state index < -0.39 is 23.4 Å². The van der Waals surface area contributed by atoms with E-state index in [0.29, 0.717) is 58.5 Å². The van der Waals surface area contributed by atoms with Gasteiger partial charge in [-0.25, -0.2) is 9.18 Å². The molecule has 156 valence electrons. The predicted octanol–water partition coefficient (Wildman–Crippen LogP) is 3.06. The van der Waals surface area contributed by atoms with E-state index in [1.165, 1.54) is 0 Å². The molecule has 2 amide bonds. The maximum atomic E-state index is 14.6. The summed E-state index contributed by atoms with van der Waals surface area (Å²) in [5.41, 5.74) is -1.72. The summed E-state index contributed by atoms with van der Waals surface area (Å²) < 4.78 is 20.1. The van der Waals surface area contributed by atoms with Gasteiger partial charge in [-0.15, -0.1) is 0 Å². The van der Waals surface area contributed by atoms with Crippen LogP contribution in [-0.2, 0) is 9.53 Å². The van der Waals surface area contributed by atoms with Crippen LogP contribution in [0.2, 0.25) is 0 Å². The molecule has 7 heteroatoms. The molecule has 2 heterocycles. The number of nitrogens with zero attached hydrogens (tertiary/aromatic N) is 3. The van der Waals surface area contributed by atoms with Crippen molar-refractivity contribution in [2.45, 2.75) is 77.6 Å². The molecule has 0 spiro atoms. The van der Waals surface area contributed by atoms with Gasteiger partial charge in [0, 0.05) is 39.3 Å². The lowest BCUT2D eigenvalue weighted by Crippen LogP contribution is -2.56. The quantitative estimate of drug-likeness (QED) is 0.730. The minimum absolute atomic E-state index is 0.00416. The smallest absolute Gasteiger partial charge is 0.410 e. The molecule has 2 aliphatic heterocycles. The summed E-state index contributed by atoms with van der Waals surface area (Å²) in [5.74, 6) is -0.00416. The van der Waals surface area contributed by atoms with Crippen molar-refractivity contribution in [3.05, 3.63) is 0 Å². The van der Waals surface area contributed by atoms with E-state index in [9.17, 15) is 14.0 Å². The first-order valence-electron chi connectivity index (χ1n) is 10.3. The first-order chi connectivity index (χ1) is 12.6. The molecule has 0 unspecified atom stereocenters. The van der Waals surface area contributed by atoms with Crippen molar-refractivity contribution in [2.24, 2.45) is 0 Å². The van der Waals surface area contributed by atoms with Gasteiger partial charge in [-0.1, -0.05) is 13.8 Å². The Hall–Kier alpha value is -1.37. The first kappa shape index (κ1) is 21.9. The molecule has 0 aromatic carbocycles. The second kappa shape index (κ2) is 8.76. The summed E-state index contributed by atoms with van der Waals surface area (Å²) >= 11 is 0. The van der Waals surface area contributed by atoms with Crippen LogP contribution in [0.5, 0.6) is 0 Å². The van der Waals surface area contributed by atoms with Gasteiger partial charge in [0.05, 0.1) is 0 Å². The van der Waals surface area contributed by atoms with Crippen molar-refractivity contribution in [1.82, 2.24) is 14.7 Å². The number of carbonyl (C=O) groups excluding carboxylic acids is 2. The minimum Gasteiger partial charge on any atom is -0.444 e. The Morgan fingerprint density at radius 3 is 2.15 bits per heavy atom. The van der Waals surface area contributed by atoms with Crippen molar-refractivity contribution in [1.29, 1.82) is 0 Å². The Morgan fingerprint density at radius 2 is 1.63 bits per heavy atom. The van der Waals surface area contributed by atoms with E-state index in [1.807, 2.05) is 39.5 Å². The summed E-state index contributed by atoms with van der Waals surface area (Å²) in [7, 11) is 0. The Balaban J connectivity index is 1.90. The zero-order chi connectivity index (χ0) is 20.2. The molecule has 0 bridgehead atoms. The normalized spacial score (nSPS) is 22.2.